The Balaban J connectivity index is 4.19. The molecule has 0 radical (unpaired) electrons. The van der Waals surface area contributed by atoms with Gasteiger partial charge in [0, 0.05) is 20.5 Å². The Morgan fingerprint density at radius 2 is 1.82 bits per heavy atom. The Kier molecular flexibility index (Phi) is 6.15. The highest BCUT2D eigenvalue weighted by atomic mass is 32.2. The Hall–Kier alpha value is -1.11. The predicted octanol–water partition coefficient (Wildman–Crippen LogP) is 0.133. The fraction of sp³-hybridized carbons (Fsp3) is 0.800. The highest BCUT2D eigenvalue weighted by Gasteiger charge is 2.23. The highest BCUT2D eigenvalue weighted by Crippen LogP contribution is 2.09. The van der Waals surface area contributed by atoms with Gasteiger partial charge in [-0.25, -0.2) is 8.42 Å². The number of sulfone groups is 1. The Labute approximate surface area is 102 Å². The van der Waals surface area contributed by atoms with E-state index >= 15 is 0 Å². The molecule has 0 aromatic rings. The summed E-state index contributed by atoms with van der Waals surface area (Å²) in [6.45, 7) is 1.37. The van der Waals surface area contributed by atoms with E-state index in [2.05, 4.69) is 0 Å². The van der Waals surface area contributed by atoms with Crippen LogP contribution in [0.1, 0.15) is 26.2 Å². The van der Waals surface area contributed by atoms with E-state index < -0.39 is 27.5 Å². The Bertz CT molecular complexity index is 374. The fourth-order valence-electron chi connectivity index (χ4n) is 1.22. The third kappa shape index (κ3) is 6.25. The van der Waals surface area contributed by atoms with E-state index in [1.54, 1.807) is 14.1 Å². The summed E-state index contributed by atoms with van der Waals surface area (Å²) in [7, 11) is -0.226. The van der Waals surface area contributed by atoms with Crippen LogP contribution in [-0.4, -0.2) is 55.4 Å². The minimum atomic E-state index is -3.43. The van der Waals surface area contributed by atoms with Crippen molar-refractivity contribution in [3.63, 3.8) is 0 Å². The van der Waals surface area contributed by atoms with Crippen LogP contribution in [0.3, 0.4) is 0 Å². The molecule has 0 aromatic heterocycles. The molecule has 0 rings (SSSR count). The van der Waals surface area contributed by atoms with Crippen molar-refractivity contribution in [3.05, 3.63) is 0 Å². The lowest BCUT2D eigenvalue weighted by molar-refractivity contribution is -0.137. The third-order valence-corrected chi connectivity index (χ3v) is 4.64. The summed E-state index contributed by atoms with van der Waals surface area (Å²) in [5.41, 5.74) is 0. The second-order valence-corrected chi connectivity index (χ2v) is 6.71. The van der Waals surface area contributed by atoms with Gasteiger partial charge in [0.1, 0.15) is 0 Å². The second kappa shape index (κ2) is 6.58. The number of nitrogens with zero attached hydrogens (tertiary/aromatic N) is 1. The van der Waals surface area contributed by atoms with Crippen LogP contribution in [0.2, 0.25) is 0 Å². The summed E-state index contributed by atoms with van der Waals surface area (Å²) in [5, 5.41) is 7.60. The van der Waals surface area contributed by atoms with Gasteiger partial charge < -0.3 is 10.0 Å². The van der Waals surface area contributed by atoms with E-state index in [1.165, 1.54) is 11.8 Å². The zero-order valence-corrected chi connectivity index (χ0v) is 11.2. The van der Waals surface area contributed by atoms with E-state index in [0.717, 1.165) is 0 Å². The van der Waals surface area contributed by atoms with Crippen molar-refractivity contribution in [1.82, 2.24) is 4.90 Å². The largest absolute Gasteiger partial charge is 0.481 e. The smallest absolute Gasteiger partial charge is 0.304 e. The molecule has 0 bridgehead atoms. The number of rotatable bonds is 7. The molecule has 0 aromatic carbocycles. The number of carbonyl (C=O) groups is 2. The van der Waals surface area contributed by atoms with Gasteiger partial charge in [0.2, 0.25) is 5.91 Å². The van der Waals surface area contributed by atoms with Crippen molar-refractivity contribution in [2.45, 2.75) is 31.4 Å². The molecule has 0 spiro atoms. The van der Waals surface area contributed by atoms with Crippen LogP contribution < -0.4 is 0 Å². The van der Waals surface area contributed by atoms with Crippen LogP contribution in [0.5, 0.6) is 0 Å². The molecule has 0 aliphatic carbocycles. The molecular formula is C10H19NO5S. The number of hydrogen-bond donors (Lipinski definition) is 1. The normalized spacial score (nSPS) is 13.1. The molecule has 1 atom stereocenters. The van der Waals surface area contributed by atoms with Crippen LogP contribution in [0.25, 0.3) is 0 Å². The van der Waals surface area contributed by atoms with Crippen LogP contribution in [0, 0.1) is 0 Å². The molecule has 1 unspecified atom stereocenters. The molecule has 0 heterocycles. The molecule has 7 heteroatoms. The van der Waals surface area contributed by atoms with Crippen molar-refractivity contribution in [3.8, 4) is 0 Å². The summed E-state index contributed by atoms with van der Waals surface area (Å²) in [6, 6.07) is 0. The monoisotopic (exact) mass is 265 g/mol. The van der Waals surface area contributed by atoms with Crippen LogP contribution >= 0.6 is 0 Å². The van der Waals surface area contributed by atoms with E-state index in [4.69, 9.17) is 5.11 Å². The zero-order valence-electron chi connectivity index (χ0n) is 10.3. The maximum absolute atomic E-state index is 11.6. The van der Waals surface area contributed by atoms with Crippen LogP contribution in [0.15, 0.2) is 0 Å². The first-order valence-corrected chi connectivity index (χ1v) is 7.02. The number of aliphatic carboxylic acids is 1. The van der Waals surface area contributed by atoms with Gasteiger partial charge in [0.05, 0.1) is 17.4 Å². The number of hydrogen-bond acceptors (Lipinski definition) is 4. The van der Waals surface area contributed by atoms with Crippen molar-refractivity contribution < 1.29 is 23.1 Å². The minimum absolute atomic E-state index is 0.133. The first-order valence-electron chi connectivity index (χ1n) is 5.30. The summed E-state index contributed by atoms with van der Waals surface area (Å²) in [5.74, 6) is -1.42. The average molecular weight is 265 g/mol. The molecule has 6 nitrogen and oxygen atoms in total. The maximum atomic E-state index is 11.6. The lowest BCUT2D eigenvalue weighted by Gasteiger charge is -2.12. The van der Waals surface area contributed by atoms with Crippen LogP contribution in [-0.2, 0) is 19.4 Å². The first kappa shape index (κ1) is 15.9. The first-order chi connectivity index (χ1) is 7.66. The predicted molar refractivity (Wildman–Crippen MR) is 63.4 cm³/mol. The number of amides is 1. The van der Waals surface area contributed by atoms with Crippen molar-refractivity contribution in [1.29, 1.82) is 0 Å². The maximum Gasteiger partial charge on any atom is 0.304 e. The van der Waals surface area contributed by atoms with Gasteiger partial charge in [-0.3, -0.25) is 9.59 Å². The standard InChI is InChI=1S/C10H19NO5S/c1-8(7-10(13)14)17(15,16)6-4-5-9(12)11(2)3/h8H,4-7H2,1-3H3,(H,13,14). The van der Waals surface area contributed by atoms with Gasteiger partial charge in [-0.2, -0.15) is 0 Å². The van der Waals surface area contributed by atoms with E-state index in [1.807, 2.05) is 0 Å². The molecule has 0 saturated heterocycles. The number of carboxylic acid groups (broad SMARTS) is 1. The van der Waals surface area contributed by atoms with Gasteiger partial charge in [0.25, 0.3) is 0 Å². The van der Waals surface area contributed by atoms with E-state index in [-0.39, 0.29) is 24.5 Å². The van der Waals surface area contributed by atoms with E-state index in [0.29, 0.717) is 0 Å². The minimum Gasteiger partial charge on any atom is -0.481 e. The molecule has 1 N–H and O–H groups in total. The molecule has 0 aliphatic rings. The van der Waals surface area contributed by atoms with Crippen molar-refractivity contribution >= 4 is 21.7 Å². The topological polar surface area (TPSA) is 91.7 Å². The molecule has 1 amide bonds. The summed E-state index contributed by atoms with van der Waals surface area (Å²) in [4.78, 5) is 23.0. The summed E-state index contributed by atoms with van der Waals surface area (Å²) >= 11 is 0. The van der Waals surface area contributed by atoms with Gasteiger partial charge >= 0.3 is 5.97 Å². The summed E-state index contributed by atoms with van der Waals surface area (Å²) in [6.07, 6.45) is -0.0146. The molecule has 100 valence electrons. The summed E-state index contributed by atoms with van der Waals surface area (Å²) < 4.78 is 23.3. The van der Waals surface area contributed by atoms with Crippen molar-refractivity contribution in [2.24, 2.45) is 0 Å². The van der Waals surface area contributed by atoms with Crippen LogP contribution in [0.4, 0.5) is 0 Å². The Morgan fingerprint density at radius 3 is 2.24 bits per heavy atom. The number of carbonyl (C=O) groups excluding carboxylic acids is 1. The van der Waals surface area contributed by atoms with Gasteiger partial charge in [0.15, 0.2) is 9.84 Å². The molecule has 17 heavy (non-hydrogen) atoms. The van der Waals surface area contributed by atoms with Gasteiger partial charge in [-0.05, 0) is 13.3 Å². The Morgan fingerprint density at radius 1 is 1.29 bits per heavy atom. The second-order valence-electron chi connectivity index (χ2n) is 4.17. The lowest BCUT2D eigenvalue weighted by atomic mass is 10.3. The average Bonchev–Trinajstić information content (AvgIpc) is 2.15. The SMILES string of the molecule is CC(CC(=O)O)S(=O)(=O)CCCC(=O)N(C)C. The van der Waals surface area contributed by atoms with Gasteiger partial charge in [-0.1, -0.05) is 0 Å². The fourth-order valence-corrected chi connectivity index (χ4v) is 2.57. The molecular weight excluding hydrogens is 246 g/mol. The molecule has 0 aliphatic heterocycles. The number of carboxylic acids is 1. The van der Waals surface area contributed by atoms with Crippen molar-refractivity contribution in [2.75, 3.05) is 19.8 Å². The lowest BCUT2D eigenvalue weighted by Crippen LogP contribution is -2.26. The highest BCUT2D eigenvalue weighted by molar-refractivity contribution is 7.92. The quantitative estimate of drug-likeness (QED) is 0.706. The molecule has 0 saturated carbocycles. The third-order valence-electron chi connectivity index (χ3n) is 2.39. The van der Waals surface area contributed by atoms with E-state index in [9.17, 15) is 18.0 Å². The zero-order chi connectivity index (χ0) is 13.6. The molecule has 0 fully saturated rings. The van der Waals surface area contributed by atoms with Gasteiger partial charge in [-0.15, -0.1) is 0 Å².